The van der Waals surface area contributed by atoms with Crippen LogP contribution in [0.4, 0.5) is 0 Å². The van der Waals surface area contributed by atoms with Crippen LogP contribution in [0.15, 0.2) is 11.1 Å². The van der Waals surface area contributed by atoms with E-state index in [2.05, 4.69) is 26.1 Å². The molecular formula is C11H23N. The molecule has 0 heterocycles. The molecule has 0 amide bonds. The van der Waals surface area contributed by atoms with Crippen LogP contribution in [0.2, 0.25) is 0 Å². The van der Waals surface area contributed by atoms with Gasteiger partial charge in [-0.05, 0) is 46.2 Å². The lowest BCUT2D eigenvalue weighted by molar-refractivity contribution is 0.703. The Hall–Kier alpha value is -0.300. The van der Waals surface area contributed by atoms with E-state index < -0.39 is 0 Å². The highest BCUT2D eigenvalue weighted by molar-refractivity contribution is 5.11. The van der Waals surface area contributed by atoms with Crippen LogP contribution in [0.3, 0.4) is 0 Å². The Kier molecular flexibility index (Phi) is 7.17. The van der Waals surface area contributed by atoms with Crippen LogP contribution in [0.25, 0.3) is 0 Å². The predicted molar refractivity (Wildman–Crippen MR) is 56.4 cm³/mol. The topological polar surface area (TPSA) is 12.0 Å². The second-order valence-corrected chi connectivity index (χ2v) is 3.30. The molecule has 1 N–H and O–H groups in total. The molecule has 12 heavy (non-hydrogen) atoms. The minimum Gasteiger partial charge on any atom is -0.320 e. The maximum Gasteiger partial charge on any atom is -0.00489 e. The Morgan fingerprint density at radius 1 is 1.17 bits per heavy atom. The van der Waals surface area contributed by atoms with Crippen molar-refractivity contribution in [2.24, 2.45) is 0 Å². The highest BCUT2D eigenvalue weighted by atomic mass is 14.8. The molecule has 0 fully saturated rings. The van der Waals surface area contributed by atoms with E-state index in [0.717, 1.165) is 6.54 Å². The van der Waals surface area contributed by atoms with Crippen LogP contribution in [-0.2, 0) is 0 Å². The molecule has 0 aromatic carbocycles. The van der Waals surface area contributed by atoms with Gasteiger partial charge in [0.25, 0.3) is 0 Å². The first kappa shape index (κ1) is 11.7. The number of rotatable bonds is 6. The van der Waals surface area contributed by atoms with Crippen molar-refractivity contribution in [3.8, 4) is 0 Å². The minimum absolute atomic E-state index is 1.14. The quantitative estimate of drug-likeness (QED) is 0.476. The molecule has 0 aromatic heterocycles. The maximum absolute atomic E-state index is 3.18. The molecule has 0 bridgehead atoms. The highest BCUT2D eigenvalue weighted by Crippen LogP contribution is 2.16. The molecule has 0 aliphatic rings. The lowest BCUT2D eigenvalue weighted by atomic mass is 10.0. The van der Waals surface area contributed by atoms with Gasteiger partial charge in [-0.2, -0.15) is 0 Å². The molecule has 0 rings (SSSR count). The molecule has 72 valence electrons. The number of hydrogen-bond acceptors (Lipinski definition) is 1. The molecule has 0 atom stereocenters. The monoisotopic (exact) mass is 169 g/mol. The van der Waals surface area contributed by atoms with Crippen molar-refractivity contribution in [1.82, 2.24) is 5.32 Å². The molecule has 0 aromatic rings. The van der Waals surface area contributed by atoms with Gasteiger partial charge in [0, 0.05) is 0 Å². The van der Waals surface area contributed by atoms with Gasteiger partial charge in [0.2, 0.25) is 0 Å². The van der Waals surface area contributed by atoms with Crippen LogP contribution in [0, 0.1) is 0 Å². The molecule has 0 saturated heterocycles. The molecule has 0 radical (unpaired) electrons. The molecular weight excluding hydrogens is 146 g/mol. The summed E-state index contributed by atoms with van der Waals surface area (Å²) < 4.78 is 0. The second-order valence-electron chi connectivity index (χ2n) is 3.30. The van der Waals surface area contributed by atoms with E-state index in [4.69, 9.17) is 0 Å². The van der Waals surface area contributed by atoms with Gasteiger partial charge in [0.1, 0.15) is 0 Å². The molecule has 1 nitrogen and oxygen atoms in total. The summed E-state index contributed by atoms with van der Waals surface area (Å²) in [5, 5.41) is 3.18. The lowest BCUT2D eigenvalue weighted by Crippen LogP contribution is -2.07. The summed E-state index contributed by atoms with van der Waals surface area (Å²) in [6.07, 6.45) is 4.99. The fraction of sp³-hybridized carbons (Fsp3) is 0.818. The van der Waals surface area contributed by atoms with Gasteiger partial charge < -0.3 is 5.32 Å². The van der Waals surface area contributed by atoms with E-state index in [1.54, 1.807) is 11.1 Å². The van der Waals surface area contributed by atoms with Crippen LogP contribution < -0.4 is 5.32 Å². The third kappa shape index (κ3) is 4.55. The Labute approximate surface area is 77.2 Å². The summed E-state index contributed by atoms with van der Waals surface area (Å²) in [5.41, 5.74) is 3.25. The fourth-order valence-corrected chi connectivity index (χ4v) is 1.42. The van der Waals surface area contributed by atoms with E-state index in [-0.39, 0.29) is 0 Å². The minimum atomic E-state index is 1.14. The first-order chi connectivity index (χ1) is 5.76. The Morgan fingerprint density at radius 3 is 2.25 bits per heavy atom. The van der Waals surface area contributed by atoms with Crippen LogP contribution in [0.5, 0.6) is 0 Å². The summed E-state index contributed by atoms with van der Waals surface area (Å²) in [5.74, 6) is 0. The lowest BCUT2D eigenvalue weighted by Gasteiger charge is -2.08. The van der Waals surface area contributed by atoms with Crippen molar-refractivity contribution in [2.45, 2.75) is 46.5 Å². The van der Waals surface area contributed by atoms with Gasteiger partial charge in [-0.25, -0.2) is 0 Å². The summed E-state index contributed by atoms with van der Waals surface area (Å²) in [4.78, 5) is 0. The van der Waals surface area contributed by atoms with Crippen molar-refractivity contribution in [3.05, 3.63) is 11.1 Å². The van der Waals surface area contributed by atoms with Crippen molar-refractivity contribution in [2.75, 3.05) is 13.6 Å². The van der Waals surface area contributed by atoms with E-state index in [9.17, 15) is 0 Å². The summed E-state index contributed by atoms with van der Waals surface area (Å²) in [6, 6.07) is 0. The van der Waals surface area contributed by atoms with Crippen molar-refractivity contribution >= 4 is 0 Å². The van der Waals surface area contributed by atoms with Crippen molar-refractivity contribution in [1.29, 1.82) is 0 Å². The zero-order valence-electron chi connectivity index (χ0n) is 9.04. The predicted octanol–water partition coefficient (Wildman–Crippen LogP) is 3.12. The van der Waals surface area contributed by atoms with Gasteiger partial charge in [-0.1, -0.05) is 25.0 Å². The Bertz CT molecular complexity index is 136. The standard InChI is InChI=1S/C11H23N/c1-5-10(3)11(6-2)8-7-9-12-4/h12H,5-9H2,1-4H3/b11-10+. The third-order valence-electron chi connectivity index (χ3n) is 2.47. The normalized spacial score (nSPS) is 13.0. The summed E-state index contributed by atoms with van der Waals surface area (Å²) in [7, 11) is 2.02. The smallest absolute Gasteiger partial charge is 0.00489 e. The van der Waals surface area contributed by atoms with Gasteiger partial charge in [0.15, 0.2) is 0 Å². The zero-order chi connectivity index (χ0) is 9.40. The Morgan fingerprint density at radius 2 is 1.83 bits per heavy atom. The van der Waals surface area contributed by atoms with Gasteiger partial charge >= 0.3 is 0 Å². The fourth-order valence-electron chi connectivity index (χ4n) is 1.42. The van der Waals surface area contributed by atoms with Crippen LogP contribution >= 0.6 is 0 Å². The third-order valence-corrected chi connectivity index (χ3v) is 2.47. The molecule has 0 aliphatic carbocycles. The van der Waals surface area contributed by atoms with Crippen LogP contribution in [-0.4, -0.2) is 13.6 Å². The second kappa shape index (κ2) is 7.35. The number of nitrogens with one attached hydrogen (secondary N) is 1. The highest BCUT2D eigenvalue weighted by Gasteiger charge is 1.98. The molecule has 1 heteroatoms. The first-order valence-corrected chi connectivity index (χ1v) is 5.08. The number of allylic oxidation sites excluding steroid dienone is 2. The zero-order valence-corrected chi connectivity index (χ0v) is 9.04. The Balaban J connectivity index is 3.82. The molecule has 0 spiro atoms. The molecule has 0 unspecified atom stereocenters. The average Bonchev–Trinajstić information content (AvgIpc) is 2.11. The van der Waals surface area contributed by atoms with E-state index in [1.807, 2.05) is 7.05 Å². The average molecular weight is 169 g/mol. The van der Waals surface area contributed by atoms with Crippen LogP contribution in [0.1, 0.15) is 46.5 Å². The number of hydrogen-bond donors (Lipinski definition) is 1. The first-order valence-electron chi connectivity index (χ1n) is 5.08. The van der Waals surface area contributed by atoms with Crippen molar-refractivity contribution < 1.29 is 0 Å². The van der Waals surface area contributed by atoms with Crippen molar-refractivity contribution in [3.63, 3.8) is 0 Å². The van der Waals surface area contributed by atoms with Gasteiger partial charge in [-0.3, -0.25) is 0 Å². The molecule has 0 aliphatic heterocycles. The maximum atomic E-state index is 3.18. The van der Waals surface area contributed by atoms with E-state index in [0.29, 0.717) is 0 Å². The summed E-state index contributed by atoms with van der Waals surface area (Å²) >= 11 is 0. The van der Waals surface area contributed by atoms with Gasteiger partial charge in [0.05, 0.1) is 0 Å². The van der Waals surface area contributed by atoms with E-state index in [1.165, 1.54) is 25.7 Å². The summed E-state index contributed by atoms with van der Waals surface area (Å²) in [6.45, 7) is 7.90. The molecule has 0 saturated carbocycles. The van der Waals surface area contributed by atoms with Gasteiger partial charge in [-0.15, -0.1) is 0 Å². The SMILES string of the molecule is CC/C(C)=C(\CC)CCCNC. The largest absolute Gasteiger partial charge is 0.320 e. The van der Waals surface area contributed by atoms with E-state index >= 15 is 0 Å².